The van der Waals surface area contributed by atoms with Crippen molar-refractivity contribution in [3.8, 4) is 23.3 Å². The van der Waals surface area contributed by atoms with Crippen LogP contribution in [0.2, 0.25) is 10.0 Å². The van der Waals surface area contributed by atoms with Gasteiger partial charge >= 0.3 is 30.3 Å². The van der Waals surface area contributed by atoms with Crippen LogP contribution in [0.1, 0.15) is 157 Å². The Kier molecular flexibility index (Phi) is 45.6. The number of nitrogens with one attached hydrogen (secondary N) is 8. The number of pyridine rings is 6. The lowest BCUT2D eigenvalue weighted by atomic mass is 9.85. The number of aliphatic carboxylic acids is 3. The molecule has 13 N–H and O–H groups in total. The zero-order chi connectivity index (χ0) is 111. The number of aryl methyl sites for hydroxylation is 4. The Hall–Kier alpha value is -12.5. The number of rotatable bonds is 28. The third-order valence-corrected chi connectivity index (χ3v) is 27.6. The molecule has 150 heavy (non-hydrogen) atoms. The summed E-state index contributed by atoms with van der Waals surface area (Å²) in [5.41, 5.74) is 3.96. The maximum Gasteiger partial charge on any atom is 0.446 e. The van der Waals surface area contributed by atoms with Gasteiger partial charge < -0.3 is 76.8 Å². The number of carbonyl (C=O) groups excluding carboxylic acids is 7. The molecule has 37 nitrogen and oxygen atoms in total. The number of amides is 5. The van der Waals surface area contributed by atoms with Gasteiger partial charge in [0, 0.05) is 85.6 Å². The Morgan fingerprint density at radius 3 is 1.16 bits per heavy atom. The van der Waals surface area contributed by atoms with Crippen molar-refractivity contribution >= 4 is 167 Å². The van der Waals surface area contributed by atoms with Gasteiger partial charge in [-0.05, 0) is 173 Å². The van der Waals surface area contributed by atoms with Crippen molar-refractivity contribution < 1.29 is 130 Å². The average Bonchev–Trinajstić information content (AvgIpc) is 1.57. The van der Waals surface area contributed by atoms with E-state index in [2.05, 4.69) is 84.4 Å². The van der Waals surface area contributed by atoms with Crippen LogP contribution in [-0.2, 0) is 68.0 Å². The second-order valence-electron chi connectivity index (χ2n) is 40.0. The first-order valence-electron chi connectivity index (χ1n) is 46.4. The smallest absolute Gasteiger partial charge is 0.446 e. The molecule has 6 aromatic heterocycles. The van der Waals surface area contributed by atoms with Crippen molar-refractivity contribution in [1.29, 1.82) is 0 Å². The van der Waals surface area contributed by atoms with Crippen LogP contribution in [0, 0.1) is 67.1 Å². The lowest BCUT2D eigenvalue weighted by Crippen LogP contribution is -2.58. The molecule has 12 atom stereocenters. The predicted molar refractivity (Wildman–Crippen MR) is 556 cm³/mol. The van der Waals surface area contributed by atoms with E-state index in [4.69, 9.17) is 72.8 Å². The summed E-state index contributed by atoms with van der Waals surface area (Å²) >= 11 is 12.5. The second-order valence-corrected chi connectivity index (χ2v) is 44.8. The fourth-order valence-corrected chi connectivity index (χ4v) is 17.9. The number of fused-ring (bicyclic) bond motifs is 2. The minimum absolute atomic E-state index is 0. The lowest BCUT2D eigenvalue weighted by molar-refractivity contribution is -0.156. The number of aromatic nitrogens is 6. The molecule has 6 fully saturated rings. The molecule has 14 rings (SSSR count). The Morgan fingerprint density at radius 2 is 0.867 bits per heavy atom. The van der Waals surface area contributed by atoms with Crippen LogP contribution >= 0.6 is 48.0 Å². The van der Waals surface area contributed by atoms with Gasteiger partial charge in [-0.15, -0.1) is 38.0 Å². The number of methoxy groups -OCH3 is 2. The molecule has 824 valence electrons. The summed E-state index contributed by atoms with van der Waals surface area (Å²) < 4.78 is 152. The molecule has 8 heterocycles. The Bertz CT molecular complexity index is 6250. The molecule has 4 saturated carbocycles. The molecule has 4 aliphatic carbocycles. The van der Waals surface area contributed by atoms with Crippen LogP contribution in [0.5, 0.6) is 23.3 Å². The van der Waals surface area contributed by atoms with E-state index >= 15 is 0 Å². The fraction of sp³-hybridized carbons (Fsp3) is 0.480. The van der Waals surface area contributed by atoms with Crippen molar-refractivity contribution in [1.82, 2.24) is 60.2 Å². The molecule has 3 unspecified atom stereocenters. The zero-order valence-electron chi connectivity index (χ0n) is 85.7. The van der Waals surface area contributed by atoms with Crippen LogP contribution in [-0.4, -0.2) is 237 Å². The van der Waals surface area contributed by atoms with Crippen LogP contribution in [0.25, 0.3) is 21.5 Å². The summed E-state index contributed by atoms with van der Waals surface area (Å²) in [5.74, 6) is -3.43. The van der Waals surface area contributed by atoms with Crippen LogP contribution in [0.4, 0.5) is 48.2 Å². The molecule has 5 amide bonds. The number of carboxylic acids is 3. The summed E-state index contributed by atoms with van der Waals surface area (Å²) in [6.45, 7) is 37.7. The molecule has 0 bridgehead atoms. The molecule has 0 spiro atoms. The maximum absolute atomic E-state index is 14.6. The topological polar surface area (TPSA) is 539 Å². The largest absolute Gasteiger partial charge is 0.494 e. The average molecular weight is 2230 g/mol. The number of halogens is 11. The highest BCUT2D eigenvalue weighted by Crippen LogP contribution is 2.48. The van der Waals surface area contributed by atoms with E-state index < -0.39 is 168 Å². The van der Waals surface area contributed by atoms with E-state index in [-0.39, 0.29) is 84.3 Å². The van der Waals surface area contributed by atoms with Gasteiger partial charge in [-0.2, -0.15) is 30.7 Å². The summed E-state index contributed by atoms with van der Waals surface area (Å²) in [4.78, 5) is 145. The maximum atomic E-state index is 14.6. The second kappa shape index (κ2) is 53.5. The van der Waals surface area contributed by atoms with Crippen molar-refractivity contribution in [2.24, 2.45) is 39.2 Å². The number of anilines is 3. The molecule has 2 saturated heterocycles. The number of nitrogens with zero attached hydrogens (tertiary/aromatic N) is 7. The third kappa shape index (κ3) is 37.9. The van der Waals surface area contributed by atoms with Gasteiger partial charge in [0.15, 0.2) is 0 Å². The summed E-state index contributed by atoms with van der Waals surface area (Å²) in [6, 6.07) is 27.1. The molecular weight excluding hydrogens is 2100 g/mol. The van der Waals surface area contributed by atoms with Gasteiger partial charge in [-0.1, -0.05) is 143 Å². The van der Waals surface area contributed by atoms with Crippen molar-refractivity contribution in [2.45, 2.75) is 245 Å². The van der Waals surface area contributed by atoms with Crippen molar-refractivity contribution in [2.75, 3.05) is 43.3 Å². The van der Waals surface area contributed by atoms with Crippen LogP contribution in [0.15, 0.2) is 147 Å². The monoisotopic (exact) mass is 2230 g/mol. The summed E-state index contributed by atoms with van der Waals surface area (Å²) in [7, 11) is -4.52. The van der Waals surface area contributed by atoms with E-state index in [0.717, 1.165) is 22.5 Å². The van der Waals surface area contributed by atoms with Crippen LogP contribution in [0.3, 0.4) is 0 Å². The molecular formula is C100H129Cl4F7N16O21S2. The van der Waals surface area contributed by atoms with Gasteiger partial charge in [-0.3, -0.25) is 47.8 Å². The Labute approximate surface area is 887 Å². The number of carbonyl (C=O) groups is 10. The number of likely N-dealkylation sites (tertiary alicyclic amines) is 1. The number of hydrogen-bond acceptors (Lipinski definition) is 29. The van der Waals surface area contributed by atoms with Crippen LogP contribution < -0.4 is 66.0 Å². The summed E-state index contributed by atoms with van der Waals surface area (Å²) in [6.07, 6.45) is -3.42. The first-order chi connectivity index (χ1) is 68.6. The summed E-state index contributed by atoms with van der Waals surface area (Å²) in [5, 5.41) is 47.2. The standard InChI is InChI=1S/C36H43ClN6O7S.C24H27ClN4O6S.2C12H18N2O2.C6H6FN.C6H13NO2.2C2HF3O.2ClH/c1-7-21-17-36(21,34(46)42-51(47,48)24-12-13-24)41-31(44)27-16-23(50-32-26-15-22(37)11-14-25(26)28(49-6)18-38-32)19-43(27)33(45)30(35(3,4)5)40-29-10-8-9-20(2)39-29;1-3-13-10-24(13,23(31)29-36(32,33)16-5-6-16)28-21(30)19-9-15(11-26-19)35-22-18-8-14(25)4-7-17(18)20(34-2)12-27-22;2*1-8-6-5-7-9(13-8)14-10(11(15)16)12(2,3)4;1-5-3-2-4-6(7)8-5;1-6(2,3)4(7)5(8)9;2*3-2(4,5)1-6;;/h7-11,14-15,18,21,23-24,27,30H,1,12-13,16-17,19H2,2-6H3,(H,39,40)(H,41,44)(H,42,46);3-4,7-8,12-13,15-16,19,26H,1,5-6,9-11H2,2H3,(H,28,30)(H,29,31);2*5-7,10H,1-4H3,(H,13,14)(H,15,16);2-4H,1H3;4H,7H2,1-3H3,(H,8,9);2*1H;2*1H/t21-,23-,27+,30?,36-;13-,15-,19+,24-;;;;4-;;;;/m11...1..../s1. The van der Waals surface area contributed by atoms with Gasteiger partial charge in [-0.25, -0.2) is 56.3 Å². The first-order valence-corrected chi connectivity index (χ1v) is 50.3. The number of hydrogen-bond donors (Lipinski definition) is 12. The minimum atomic E-state index is -4.64. The minimum Gasteiger partial charge on any atom is -0.494 e. The molecule has 8 aromatic rings. The highest BCUT2D eigenvalue weighted by molar-refractivity contribution is 7.91. The third-order valence-electron chi connectivity index (χ3n) is 23.5. The van der Waals surface area contributed by atoms with Gasteiger partial charge in [0.25, 0.3) is 11.8 Å². The molecule has 6 aliphatic rings. The van der Waals surface area contributed by atoms with Gasteiger partial charge in [0.05, 0.1) is 49.7 Å². The molecule has 2 aliphatic heterocycles. The molecule has 50 heteroatoms. The lowest BCUT2D eigenvalue weighted by Gasteiger charge is -2.36. The SMILES string of the molecule is C=C[C@@H]1C[C@]1(NC(=O)[C@@H]1C[C@@H](Oc2ncc(OC)c3ccc(Cl)cc23)CN1)C(=O)NS(=O)(=O)C1CC1.C=C[C@@H]1C[C@]1(NC(=O)[C@@H]1C[C@@H](Oc2ncc(OC)c3ccc(Cl)cc23)CN1C(=O)C(Nc1cccc(C)n1)C(C)(C)C)C(=O)NS(=O)(=O)C1CC1.CC(C)(C)[C@H](N)C(=O)O.Cc1cccc(F)n1.Cc1cccc(NC(C(=O)O)C(C)(C)C)n1.Cc1cccc(NC(C(=O)O)C(C)(C)C)n1.Cl.Cl.O=CC(F)(F)F.O=CC(F)(F)F. The predicted octanol–water partition coefficient (Wildman–Crippen LogP) is 14.7. The number of ether oxygens (including phenoxy) is 4. The quantitative estimate of drug-likeness (QED) is 0.00938. The number of alkyl halides is 6. The number of sulfonamides is 2. The molecule has 2 aromatic carbocycles. The van der Waals surface area contributed by atoms with E-state index in [0.29, 0.717) is 112 Å². The van der Waals surface area contributed by atoms with E-state index in [1.807, 2.05) is 126 Å². The number of benzene rings is 2. The van der Waals surface area contributed by atoms with E-state index in [9.17, 15) is 85.9 Å². The highest BCUT2D eigenvalue weighted by atomic mass is 35.5. The number of carboxylic acid groups (broad SMARTS) is 3. The number of aldehydes is 2. The zero-order valence-corrected chi connectivity index (χ0v) is 90.5. The normalized spacial score (nSPS) is 19.7. The number of nitrogens with two attached hydrogens (primary N) is 1. The highest BCUT2D eigenvalue weighted by Gasteiger charge is 2.63. The van der Waals surface area contributed by atoms with Gasteiger partial charge in [0.2, 0.25) is 68.0 Å². The first kappa shape index (κ1) is 128. The molecule has 0 radical (unpaired) electrons. The van der Waals surface area contributed by atoms with Crippen molar-refractivity contribution in [3.63, 3.8) is 0 Å². The van der Waals surface area contributed by atoms with Crippen molar-refractivity contribution in [3.05, 3.63) is 186 Å². The Balaban J connectivity index is 0.000000343. The Morgan fingerprint density at radius 1 is 0.513 bits per heavy atom. The van der Waals surface area contributed by atoms with Gasteiger partial charge in [0.1, 0.15) is 82.4 Å². The fourth-order valence-electron chi connectivity index (χ4n) is 14.9. The van der Waals surface area contributed by atoms with E-state index in [1.54, 1.807) is 108 Å². The van der Waals surface area contributed by atoms with E-state index in [1.165, 1.54) is 30.3 Å².